The Kier molecular flexibility index (Phi) is 6.80. The van der Waals surface area contributed by atoms with Gasteiger partial charge in [0.05, 0.1) is 18.9 Å². The fourth-order valence-electron chi connectivity index (χ4n) is 3.56. The van der Waals surface area contributed by atoms with Gasteiger partial charge in [-0.1, -0.05) is 35.4 Å². The molecule has 0 fully saturated rings. The number of carbonyl (C=O) groups excluding carboxylic acids is 1. The van der Waals surface area contributed by atoms with Gasteiger partial charge in [-0.3, -0.25) is 9.69 Å². The molecule has 0 aromatic heterocycles. The second kappa shape index (κ2) is 9.92. The van der Waals surface area contributed by atoms with Crippen LogP contribution in [0.1, 0.15) is 30.5 Å². The van der Waals surface area contributed by atoms with Crippen LogP contribution in [0.3, 0.4) is 0 Å². The van der Waals surface area contributed by atoms with Gasteiger partial charge in [0.1, 0.15) is 11.5 Å². The number of rotatable bonds is 7. The van der Waals surface area contributed by atoms with Crippen molar-refractivity contribution in [2.24, 2.45) is 4.99 Å². The molecule has 1 amide bonds. The zero-order valence-electron chi connectivity index (χ0n) is 18.8. The first-order chi connectivity index (χ1) is 16.0. The summed E-state index contributed by atoms with van der Waals surface area (Å²) in [6.45, 7) is 6.91. The van der Waals surface area contributed by atoms with E-state index in [-0.39, 0.29) is 5.91 Å². The predicted molar refractivity (Wildman–Crippen MR) is 133 cm³/mol. The number of benzene rings is 3. The van der Waals surface area contributed by atoms with Crippen LogP contribution in [0.4, 0.5) is 5.69 Å². The molecule has 5 nitrogen and oxygen atoms in total. The summed E-state index contributed by atoms with van der Waals surface area (Å²) in [4.78, 5) is 19.8. The van der Waals surface area contributed by atoms with Crippen LogP contribution in [-0.2, 0) is 4.79 Å². The highest BCUT2D eigenvalue weighted by atomic mass is 35.5. The summed E-state index contributed by atoms with van der Waals surface area (Å²) in [5.74, 6) is 1.67. The maximum Gasteiger partial charge on any atom is 0.282 e. The maximum absolute atomic E-state index is 13.5. The molecule has 1 aliphatic rings. The number of aryl methyl sites for hydroxylation is 1. The van der Waals surface area contributed by atoms with Crippen molar-refractivity contribution in [3.05, 3.63) is 94.1 Å². The average Bonchev–Trinajstić information content (AvgIpc) is 3.13. The third-order valence-electron chi connectivity index (χ3n) is 5.13. The van der Waals surface area contributed by atoms with Gasteiger partial charge in [-0.25, -0.2) is 4.99 Å². The molecule has 0 saturated carbocycles. The fourth-order valence-corrected chi connectivity index (χ4v) is 3.68. The highest BCUT2D eigenvalue weighted by Crippen LogP contribution is 2.32. The van der Waals surface area contributed by atoms with Crippen LogP contribution in [0.25, 0.3) is 6.08 Å². The lowest BCUT2D eigenvalue weighted by molar-refractivity contribution is -0.113. The molecule has 0 unspecified atom stereocenters. The third-order valence-corrected chi connectivity index (χ3v) is 5.38. The number of carbonyl (C=O) groups is 1. The predicted octanol–water partition coefficient (Wildman–Crippen LogP) is 6.28. The summed E-state index contributed by atoms with van der Waals surface area (Å²) < 4.78 is 11.4. The summed E-state index contributed by atoms with van der Waals surface area (Å²) in [5, 5.41) is 0.624. The summed E-state index contributed by atoms with van der Waals surface area (Å²) in [6, 6.07) is 20.7. The molecule has 0 N–H and O–H groups in total. The lowest BCUT2D eigenvalue weighted by Crippen LogP contribution is -2.32. The molecule has 0 atom stereocenters. The van der Waals surface area contributed by atoms with E-state index in [1.165, 1.54) is 0 Å². The number of amidine groups is 1. The van der Waals surface area contributed by atoms with Gasteiger partial charge in [-0.15, -0.1) is 0 Å². The smallest absolute Gasteiger partial charge is 0.282 e. The number of nitrogens with zero attached hydrogens (tertiary/aromatic N) is 2. The maximum atomic E-state index is 13.5. The van der Waals surface area contributed by atoms with Crippen LogP contribution in [0, 0.1) is 6.92 Å². The van der Waals surface area contributed by atoms with Gasteiger partial charge in [-0.05, 0) is 80.9 Å². The Balaban J connectivity index is 1.77. The number of aliphatic imine (C=N–C) groups is 1. The largest absolute Gasteiger partial charge is 0.490 e. The van der Waals surface area contributed by atoms with E-state index in [1.807, 2.05) is 75.4 Å². The van der Waals surface area contributed by atoms with Crippen LogP contribution in [0.15, 0.2) is 77.4 Å². The molecule has 4 rings (SSSR count). The molecular formula is C27H25ClN2O3. The quantitative estimate of drug-likeness (QED) is 0.390. The Morgan fingerprint density at radius 2 is 1.58 bits per heavy atom. The van der Waals surface area contributed by atoms with Crippen molar-refractivity contribution in [2.45, 2.75) is 20.8 Å². The molecular weight excluding hydrogens is 436 g/mol. The van der Waals surface area contributed by atoms with Gasteiger partial charge >= 0.3 is 0 Å². The van der Waals surface area contributed by atoms with Gasteiger partial charge in [-0.2, -0.15) is 0 Å². The third kappa shape index (κ3) is 4.94. The van der Waals surface area contributed by atoms with E-state index >= 15 is 0 Å². The molecule has 1 heterocycles. The lowest BCUT2D eigenvalue weighted by Gasteiger charge is -2.18. The molecule has 0 saturated heterocycles. The van der Waals surface area contributed by atoms with Crippen LogP contribution in [-0.4, -0.2) is 25.0 Å². The van der Waals surface area contributed by atoms with Crippen LogP contribution in [0.5, 0.6) is 11.5 Å². The summed E-state index contributed by atoms with van der Waals surface area (Å²) in [7, 11) is 0. The average molecular weight is 461 g/mol. The molecule has 0 aliphatic carbocycles. The minimum atomic E-state index is -0.198. The van der Waals surface area contributed by atoms with Crippen molar-refractivity contribution < 1.29 is 14.3 Å². The van der Waals surface area contributed by atoms with Gasteiger partial charge in [0.25, 0.3) is 5.91 Å². The first-order valence-corrected chi connectivity index (χ1v) is 11.2. The molecule has 3 aromatic carbocycles. The van der Waals surface area contributed by atoms with Crippen molar-refractivity contribution in [1.82, 2.24) is 0 Å². The lowest BCUT2D eigenvalue weighted by atomic mass is 10.1. The molecule has 0 radical (unpaired) electrons. The summed E-state index contributed by atoms with van der Waals surface area (Å²) in [6.07, 6.45) is 1.77. The van der Waals surface area contributed by atoms with Crippen LogP contribution >= 0.6 is 11.6 Å². The highest BCUT2D eigenvalue weighted by Gasteiger charge is 2.32. The minimum Gasteiger partial charge on any atom is -0.490 e. The van der Waals surface area contributed by atoms with Gasteiger partial charge in [0.15, 0.2) is 11.5 Å². The second-order valence-electron chi connectivity index (χ2n) is 7.52. The number of hydrogen-bond acceptors (Lipinski definition) is 4. The van der Waals surface area contributed by atoms with E-state index in [1.54, 1.807) is 23.1 Å². The topological polar surface area (TPSA) is 51.1 Å². The normalized spacial score (nSPS) is 14.5. The summed E-state index contributed by atoms with van der Waals surface area (Å²) in [5.41, 5.74) is 3.81. The van der Waals surface area contributed by atoms with Crippen molar-refractivity contribution in [2.75, 3.05) is 18.1 Å². The zero-order valence-corrected chi connectivity index (χ0v) is 19.6. The molecule has 0 bridgehead atoms. The molecule has 1 aliphatic heterocycles. The Morgan fingerprint density at radius 1 is 0.909 bits per heavy atom. The number of amides is 1. The van der Waals surface area contributed by atoms with Gasteiger partial charge in [0, 0.05) is 10.6 Å². The number of hydrogen-bond donors (Lipinski definition) is 0. The first kappa shape index (κ1) is 22.6. The number of anilines is 1. The molecule has 3 aromatic rings. The van der Waals surface area contributed by atoms with E-state index in [0.29, 0.717) is 41.3 Å². The second-order valence-corrected chi connectivity index (χ2v) is 7.96. The van der Waals surface area contributed by atoms with Gasteiger partial charge < -0.3 is 9.47 Å². The minimum absolute atomic E-state index is 0.198. The number of halogens is 1. The van der Waals surface area contributed by atoms with E-state index in [2.05, 4.69) is 0 Å². The monoisotopic (exact) mass is 460 g/mol. The Hall–Kier alpha value is -3.57. The zero-order chi connectivity index (χ0) is 23.4. The van der Waals surface area contributed by atoms with Crippen molar-refractivity contribution in [3.8, 4) is 11.5 Å². The Morgan fingerprint density at radius 3 is 2.24 bits per heavy atom. The van der Waals surface area contributed by atoms with E-state index in [9.17, 15) is 4.79 Å². The SMILES string of the molecule is CCOc1ccc(C=C2N=C(c3ccc(Cl)cc3)N(c3ccc(C)cc3)C2=O)cc1OCC. The highest BCUT2D eigenvalue weighted by molar-refractivity contribution is 6.34. The Labute approximate surface area is 198 Å². The fraction of sp³-hybridized carbons (Fsp3) is 0.185. The Bertz CT molecular complexity index is 1220. The number of ether oxygens (including phenoxy) is 2. The molecule has 33 heavy (non-hydrogen) atoms. The summed E-state index contributed by atoms with van der Waals surface area (Å²) >= 11 is 6.08. The molecule has 0 spiro atoms. The van der Waals surface area contributed by atoms with Crippen LogP contribution in [0.2, 0.25) is 5.02 Å². The molecule has 6 heteroatoms. The molecule has 168 valence electrons. The van der Waals surface area contributed by atoms with Crippen molar-refractivity contribution in [1.29, 1.82) is 0 Å². The van der Waals surface area contributed by atoms with E-state index in [0.717, 1.165) is 22.4 Å². The van der Waals surface area contributed by atoms with Crippen molar-refractivity contribution >= 4 is 35.1 Å². The van der Waals surface area contributed by atoms with Crippen molar-refractivity contribution in [3.63, 3.8) is 0 Å². The van der Waals surface area contributed by atoms with Gasteiger partial charge in [0.2, 0.25) is 0 Å². The van der Waals surface area contributed by atoms with E-state index < -0.39 is 0 Å². The first-order valence-electron chi connectivity index (χ1n) is 10.9. The van der Waals surface area contributed by atoms with Crippen LogP contribution < -0.4 is 14.4 Å². The van der Waals surface area contributed by atoms with E-state index in [4.69, 9.17) is 26.1 Å². The standard InChI is InChI=1S/C27H25ClN2O3/c1-4-32-24-15-8-19(17-25(24)33-5-2)16-23-27(31)30(22-13-6-18(3)7-14-22)26(29-23)20-9-11-21(28)12-10-20/h6-17H,4-5H2,1-3H3.